The molecule has 0 amide bonds. The number of hydrogen-bond acceptors (Lipinski definition) is 3. The molecule has 1 rings (SSSR count). The van der Waals surface area contributed by atoms with Gasteiger partial charge in [0.2, 0.25) is 0 Å². The molecular formula is C9H17NO2. The molecule has 1 saturated heterocycles. The van der Waals surface area contributed by atoms with Crippen molar-refractivity contribution in [2.75, 3.05) is 6.54 Å². The summed E-state index contributed by atoms with van der Waals surface area (Å²) in [5.41, 5.74) is -0.380. The molecule has 70 valence electrons. The van der Waals surface area contributed by atoms with Gasteiger partial charge in [-0.1, -0.05) is 0 Å². The first-order valence-electron chi connectivity index (χ1n) is 4.36. The Balaban J connectivity index is 2.36. The van der Waals surface area contributed by atoms with Crippen LogP contribution < -0.4 is 5.32 Å². The number of nitrogens with one attached hydrogen (secondary N) is 1. The van der Waals surface area contributed by atoms with Crippen LogP contribution in [0, 0.1) is 5.41 Å². The molecule has 0 unspecified atom stereocenters. The topological polar surface area (TPSA) is 38.3 Å². The predicted molar refractivity (Wildman–Crippen MR) is 46.8 cm³/mol. The van der Waals surface area contributed by atoms with Gasteiger partial charge in [-0.15, -0.1) is 0 Å². The Labute approximate surface area is 73.5 Å². The molecular weight excluding hydrogens is 154 g/mol. The molecule has 0 aliphatic carbocycles. The van der Waals surface area contributed by atoms with Gasteiger partial charge in [0.15, 0.2) is 0 Å². The highest BCUT2D eigenvalue weighted by molar-refractivity contribution is 5.75. The van der Waals surface area contributed by atoms with Gasteiger partial charge >= 0.3 is 5.97 Å². The van der Waals surface area contributed by atoms with Crippen LogP contribution in [0.25, 0.3) is 0 Å². The van der Waals surface area contributed by atoms with Crippen molar-refractivity contribution in [1.82, 2.24) is 5.32 Å². The van der Waals surface area contributed by atoms with Gasteiger partial charge in [-0.3, -0.25) is 4.79 Å². The number of ether oxygens (including phenoxy) is 1. The molecule has 0 radical (unpaired) electrons. The highest BCUT2D eigenvalue weighted by atomic mass is 16.5. The molecule has 2 atom stereocenters. The van der Waals surface area contributed by atoms with E-state index >= 15 is 0 Å². The van der Waals surface area contributed by atoms with E-state index in [9.17, 15) is 4.79 Å². The number of carbonyl (C=O) groups is 1. The lowest BCUT2D eigenvalue weighted by atomic mass is 9.96. The molecule has 0 aromatic heterocycles. The van der Waals surface area contributed by atoms with Gasteiger partial charge in [-0.25, -0.2) is 0 Å². The van der Waals surface area contributed by atoms with Crippen LogP contribution in [-0.2, 0) is 9.53 Å². The maximum atomic E-state index is 11.4. The molecule has 0 saturated carbocycles. The lowest BCUT2D eigenvalue weighted by Gasteiger charge is -2.36. The van der Waals surface area contributed by atoms with Gasteiger partial charge < -0.3 is 10.1 Å². The van der Waals surface area contributed by atoms with E-state index in [0.29, 0.717) is 6.04 Å². The van der Waals surface area contributed by atoms with Crippen molar-refractivity contribution >= 4 is 5.97 Å². The van der Waals surface area contributed by atoms with Crippen LogP contribution in [0.1, 0.15) is 27.7 Å². The summed E-state index contributed by atoms with van der Waals surface area (Å²) in [7, 11) is 0. The van der Waals surface area contributed by atoms with Crippen molar-refractivity contribution in [3.8, 4) is 0 Å². The monoisotopic (exact) mass is 171 g/mol. The van der Waals surface area contributed by atoms with Crippen molar-refractivity contribution in [1.29, 1.82) is 0 Å². The number of rotatable bonds is 1. The van der Waals surface area contributed by atoms with E-state index in [-0.39, 0.29) is 17.5 Å². The molecule has 0 aromatic rings. The third-order valence-electron chi connectivity index (χ3n) is 2.07. The van der Waals surface area contributed by atoms with E-state index < -0.39 is 0 Å². The second-order valence-corrected chi connectivity index (χ2v) is 4.39. The standard InChI is InChI=1S/C9H17NO2/c1-6-7(5-10-6)12-8(11)9(2,3)4/h6-7,10H,5H2,1-4H3/t6-,7+/m1/s1. The lowest BCUT2D eigenvalue weighted by molar-refractivity contribution is -0.163. The molecule has 0 aromatic carbocycles. The fourth-order valence-electron chi connectivity index (χ4n) is 0.908. The van der Waals surface area contributed by atoms with Crippen LogP contribution in [-0.4, -0.2) is 24.7 Å². The van der Waals surface area contributed by atoms with Gasteiger partial charge in [-0.2, -0.15) is 0 Å². The number of hydrogen-bond donors (Lipinski definition) is 1. The van der Waals surface area contributed by atoms with Crippen LogP contribution in [0.2, 0.25) is 0 Å². The van der Waals surface area contributed by atoms with Crippen molar-refractivity contribution in [2.24, 2.45) is 5.41 Å². The van der Waals surface area contributed by atoms with Crippen molar-refractivity contribution in [2.45, 2.75) is 39.8 Å². The Morgan fingerprint density at radius 3 is 2.33 bits per heavy atom. The molecule has 12 heavy (non-hydrogen) atoms. The van der Waals surface area contributed by atoms with E-state index in [4.69, 9.17) is 4.74 Å². The molecule has 3 nitrogen and oxygen atoms in total. The number of carbonyl (C=O) groups excluding carboxylic acids is 1. The highest BCUT2D eigenvalue weighted by Crippen LogP contribution is 2.19. The SMILES string of the molecule is C[C@H]1NC[C@@H]1OC(=O)C(C)(C)C. The highest BCUT2D eigenvalue weighted by Gasteiger charge is 2.33. The van der Waals surface area contributed by atoms with Crippen molar-refractivity contribution in [3.05, 3.63) is 0 Å². The molecule has 3 heteroatoms. The Morgan fingerprint density at radius 2 is 2.08 bits per heavy atom. The second kappa shape index (κ2) is 3.05. The van der Waals surface area contributed by atoms with Gasteiger partial charge in [0.25, 0.3) is 0 Å². The lowest BCUT2D eigenvalue weighted by Crippen LogP contribution is -2.58. The van der Waals surface area contributed by atoms with Crippen molar-refractivity contribution in [3.63, 3.8) is 0 Å². The van der Waals surface area contributed by atoms with Gasteiger partial charge in [-0.05, 0) is 27.7 Å². The normalized spacial score (nSPS) is 29.3. The first-order chi connectivity index (χ1) is 5.41. The summed E-state index contributed by atoms with van der Waals surface area (Å²) in [5, 5.41) is 3.14. The van der Waals surface area contributed by atoms with Crippen LogP contribution >= 0.6 is 0 Å². The third kappa shape index (κ3) is 1.97. The van der Waals surface area contributed by atoms with E-state index in [1.165, 1.54) is 0 Å². The molecule has 0 bridgehead atoms. The molecule has 1 fully saturated rings. The molecule has 0 spiro atoms. The summed E-state index contributed by atoms with van der Waals surface area (Å²) in [6.45, 7) is 8.41. The predicted octanol–water partition coefficient (Wildman–Crippen LogP) is 0.936. The number of esters is 1. The maximum absolute atomic E-state index is 11.4. The Kier molecular flexibility index (Phi) is 2.42. The minimum Gasteiger partial charge on any atom is -0.459 e. The van der Waals surface area contributed by atoms with Crippen LogP contribution in [0.4, 0.5) is 0 Å². The largest absolute Gasteiger partial charge is 0.459 e. The maximum Gasteiger partial charge on any atom is 0.311 e. The van der Waals surface area contributed by atoms with Crippen LogP contribution in [0.5, 0.6) is 0 Å². The van der Waals surface area contributed by atoms with Crippen LogP contribution in [0.15, 0.2) is 0 Å². The van der Waals surface area contributed by atoms with Gasteiger partial charge in [0, 0.05) is 12.6 Å². The van der Waals surface area contributed by atoms with Gasteiger partial charge in [0.1, 0.15) is 6.10 Å². The summed E-state index contributed by atoms with van der Waals surface area (Å²) in [5.74, 6) is -0.110. The summed E-state index contributed by atoms with van der Waals surface area (Å²) < 4.78 is 5.26. The first kappa shape index (κ1) is 9.52. The van der Waals surface area contributed by atoms with Crippen LogP contribution in [0.3, 0.4) is 0 Å². The fourth-order valence-corrected chi connectivity index (χ4v) is 0.908. The summed E-state index contributed by atoms with van der Waals surface area (Å²) >= 11 is 0. The molecule has 1 aliphatic heterocycles. The Morgan fingerprint density at radius 1 is 1.50 bits per heavy atom. The van der Waals surface area contributed by atoms with Crippen molar-refractivity contribution < 1.29 is 9.53 Å². The average molecular weight is 171 g/mol. The summed E-state index contributed by atoms with van der Waals surface area (Å²) in [4.78, 5) is 11.4. The second-order valence-electron chi connectivity index (χ2n) is 4.39. The zero-order chi connectivity index (χ0) is 9.35. The molecule has 1 heterocycles. The van der Waals surface area contributed by atoms with Gasteiger partial charge in [0.05, 0.1) is 5.41 Å². The summed E-state index contributed by atoms with van der Waals surface area (Å²) in [6, 6.07) is 0.316. The average Bonchev–Trinajstić information content (AvgIpc) is 1.95. The van der Waals surface area contributed by atoms with E-state index in [1.807, 2.05) is 27.7 Å². The minimum atomic E-state index is -0.380. The third-order valence-corrected chi connectivity index (χ3v) is 2.07. The molecule has 1 aliphatic rings. The van der Waals surface area contributed by atoms with E-state index in [0.717, 1.165) is 6.54 Å². The van der Waals surface area contributed by atoms with E-state index in [1.54, 1.807) is 0 Å². The molecule has 1 N–H and O–H groups in total. The zero-order valence-electron chi connectivity index (χ0n) is 8.18. The Hall–Kier alpha value is -0.570. The zero-order valence-corrected chi connectivity index (χ0v) is 8.18. The van der Waals surface area contributed by atoms with E-state index in [2.05, 4.69) is 5.32 Å². The first-order valence-corrected chi connectivity index (χ1v) is 4.36. The quantitative estimate of drug-likeness (QED) is 0.597. The Bertz CT molecular complexity index is 183. The summed E-state index contributed by atoms with van der Waals surface area (Å²) in [6.07, 6.45) is 0.0803. The fraction of sp³-hybridized carbons (Fsp3) is 0.889. The minimum absolute atomic E-state index is 0.0803. The smallest absolute Gasteiger partial charge is 0.311 e.